The highest BCUT2D eigenvalue weighted by Gasteiger charge is 2.18. The second-order valence-corrected chi connectivity index (χ2v) is 4.56. The van der Waals surface area contributed by atoms with Gasteiger partial charge in [-0.15, -0.1) is 0 Å². The van der Waals surface area contributed by atoms with Crippen LogP contribution in [0.15, 0.2) is 4.99 Å². The van der Waals surface area contributed by atoms with Crippen LogP contribution in [0.3, 0.4) is 0 Å². The van der Waals surface area contributed by atoms with Gasteiger partial charge in [0.15, 0.2) is 0 Å². The van der Waals surface area contributed by atoms with Gasteiger partial charge < -0.3 is 10.6 Å². The molecule has 14 heavy (non-hydrogen) atoms. The molecule has 1 unspecified atom stereocenters. The van der Waals surface area contributed by atoms with Crippen LogP contribution in [0.4, 0.5) is 0 Å². The molecule has 0 aliphatic heterocycles. The van der Waals surface area contributed by atoms with E-state index < -0.39 is 0 Å². The third kappa shape index (κ3) is 3.29. The van der Waals surface area contributed by atoms with Crippen molar-refractivity contribution in [3.63, 3.8) is 0 Å². The largest absolute Gasteiger partial charge is 0.387 e. The molecule has 0 aromatic rings. The van der Waals surface area contributed by atoms with Gasteiger partial charge in [-0.3, -0.25) is 4.99 Å². The Morgan fingerprint density at radius 1 is 1.43 bits per heavy atom. The molecular weight excluding hydrogens is 174 g/mol. The van der Waals surface area contributed by atoms with Gasteiger partial charge >= 0.3 is 0 Å². The van der Waals surface area contributed by atoms with E-state index in [1.54, 1.807) is 0 Å². The molecule has 1 atom stereocenters. The first-order valence-electron chi connectivity index (χ1n) is 5.57. The van der Waals surface area contributed by atoms with Crippen molar-refractivity contribution in [2.75, 3.05) is 20.6 Å². The summed E-state index contributed by atoms with van der Waals surface area (Å²) < 4.78 is 0. The fraction of sp³-hybridized carbons (Fsp3) is 0.909. The van der Waals surface area contributed by atoms with Gasteiger partial charge in [-0.05, 0) is 33.9 Å². The van der Waals surface area contributed by atoms with Crippen molar-refractivity contribution in [3.8, 4) is 0 Å². The van der Waals surface area contributed by atoms with Crippen molar-refractivity contribution in [2.24, 2.45) is 16.6 Å². The Bertz CT molecular complexity index is 193. The minimum Gasteiger partial charge on any atom is -0.387 e. The highest BCUT2D eigenvalue weighted by atomic mass is 15.1. The van der Waals surface area contributed by atoms with Crippen LogP contribution >= 0.6 is 0 Å². The Morgan fingerprint density at radius 3 is 2.50 bits per heavy atom. The maximum absolute atomic E-state index is 5.96. The predicted molar refractivity (Wildman–Crippen MR) is 61.6 cm³/mol. The van der Waals surface area contributed by atoms with Gasteiger partial charge in [0.05, 0.1) is 12.4 Å². The van der Waals surface area contributed by atoms with Crippen LogP contribution in [0, 0.1) is 5.92 Å². The molecule has 1 saturated carbocycles. The minimum atomic E-state index is 0.481. The normalized spacial score (nSPS) is 21.9. The van der Waals surface area contributed by atoms with Gasteiger partial charge in [0.25, 0.3) is 0 Å². The van der Waals surface area contributed by atoms with E-state index in [-0.39, 0.29) is 0 Å². The van der Waals surface area contributed by atoms with Gasteiger partial charge in [0.1, 0.15) is 0 Å². The molecular formula is C11H23N3. The number of likely N-dealkylation sites (N-methyl/N-ethyl adjacent to an activating group) is 1. The monoisotopic (exact) mass is 197 g/mol. The third-order valence-corrected chi connectivity index (χ3v) is 3.19. The van der Waals surface area contributed by atoms with Crippen molar-refractivity contribution >= 4 is 5.84 Å². The van der Waals surface area contributed by atoms with Gasteiger partial charge in [-0.1, -0.05) is 12.8 Å². The van der Waals surface area contributed by atoms with Crippen molar-refractivity contribution in [3.05, 3.63) is 0 Å². The molecule has 0 aromatic heterocycles. The summed E-state index contributed by atoms with van der Waals surface area (Å²) in [5, 5.41) is 0. The van der Waals surface area contributed by atoms with Gasteiger partial charge in [0.2, 0.25) is 0 Å². The Morgan fingerprint density at radius 2 is 2.00 bits per heavy atom. The maximum Gasteiger partial charge on any atom is 0.0969 e. The van der Waals surface area contributed by atoms with Crippen LogP contribution in [0.2, 0.25) is 0 Å². The second kappa shape index (κ2) is 5.35. The van der Waals surface area contributed by atoms with E-state index in [2.05, 4.69) is 30.9 Å². The fourth-order valence-corrected chi connectivity index (χ4v) is 1.75. The standard InChI is InChI=1S/C11H23N3/c1-9(14(2)3)8-13-11(12)10-6-4-5-7-10/h9-10H,4-8H2,1-3H3,(H2,12,13). The quantitative estimate of drug-likeness (QED) is 0.548. The number of rotatable bonds is 4. The van der Waals surface area contributed by atoms with Gasteiger partial charge in [-0.2, -0.15) is 0 Å². The smallest absolute Gasteiger partial charge is 0.0969 e. The van der Waals surface area contributed by atoms with Crippen LogP contribution < -0.4 is 5.73 Å². The molecule has 0 heterocycles. The number of hydrogen-bond donors (Lipinski definition) is 1. The first kappa shape index (κ1) is 11.5. The summed E-state index contributed by atoms with van der Waals surface area (Å²) in [7, 11) is 4.15. The molecule has 0 radical (unpaired) electrons. The highest BCUT2D eigenvalue weighted by Crippen LogP contribution is 2.24. The van der Waals surface area contributed by atoms with Crippen molar-refractivity contribution < 1.29 is 0 Å². The van der Waals surface area contributed by atoms with E-state index in [0.29, 0.717) is 12.0 Å². The average molecular weight is 197 g/mol. The van der Waals surface area contributed by atoms with Crippen LogP contribution in [-0.4, -0.2) is 37.4 Å². The zero-order valence-electron chi connectivity index (χ0n) is 9.66. The Kier molecular flexibility index (Phi) is 4.39. The Labute approximate surface area is 87.4 Å². The summed E-state index contributed by atoms with van der Waals surface area (Å²) in [6, 6.07) is 0.481. The van der Waals surface area contributed by atoms with Crippen LogP contribution in [0.5, 0.6) is 0 Å². The summed E-state index contributed by atoms with van der Waals surface area (Å²) in [5.74, 6) is 1.46. The van der Waals surface area contributed by atoms with Crippen molar-refractivity contribution in [1.82, 2.24) is 4.90 Å². The Balaban J connectivity index is 2.35. The lowest BCUT2D eigenvalue weighted by Crippen LogP contribution is -2.30. The average Bonchev–Trinajstić information content (AvgIpc) is 2.66. The molecule has 0 spiro atoms. The van der Waals surface area contributed by atoms with Crippen LogP contribution in [0.1, 0.15) is 32.6 Å². The number of nitrogens with two attached hydrogens (primary N) is 1. The van der Waals surface area contributed by atoms with E-state index >= 15 is 0 Å². The van der Waals surface area contributed by atoms with Crippen LogP contribution in [0.25, 0.3) is 0 Å². The maximum atomic E-state index is 5.96. The molecule has 1 aliphatic rings. The van der Waals surface area contributed by atoms with Crippen molar-refractivity contribution in [2.45, 2.75) is 38.6 Å². The first-order chi connectivity index (χ1) is 6.61. The van der Waals surface area contributed by atoms with Gasteiger partial charge in [-0.25, -0.2) is 0 Å². The van der Waals surface area contributed by atoms with E-state index in [9.17, 15) is 0 Å². The summed E-state index contributed by atoms with van der Waals surface area (Å²) in [6.07, 6.45) is 5.13. The molecule has 82 valence electrons. The Hall–Kier alpha value is -0.570. The molecule has 0 aromatic carbocycles. The third-order valence-electron chi connectivity index (χ3n) is 3.19. The van der Waals surface area contributed by atoms with E-state index in [1.807, 2.05) is 0 Å². The summed E-state index contributed by atoms with van der Waals surface area (Å²) in [5.41, 5.74) is 5.96. The number of nitrogens with zero attached hydrogens (tertiary/aromatic N) is 2. The molecule has 0 saturated heterocycles. The molecule has 0 amide bonds. The molecule has 1 aliphatic carbocycles. The minimum absolute atomic E-state index is 0.481. The number of hydrogen-bond acceptors (Lipinski definition) is 2. The highest BCUT2D eigenvalue weighted by molar-refractivity contribution is 5.83. The van der Waals surface area contributed by atoms with E-state index in [0.717, 1.165) is 12.4 Å². The molecule has 1 rings (SSSR count). The van der Waals surface area contributed by atoms with Crippen LogP contribution in [-0.2, 0) is 0 Å². The summed E-state index contributed by atoms with van der Waals surface area (Å²) in [6.45, 7) is 3.00. The molecule has 3 heteroatoms. The second-order valence-electron chi connectivity index (χ2n) is 4.56. The van der Waals surface area contributed by atoms with E-state index in [4.69, 9.17) is 5.73 Å². The number of aliphatic imine (C=N–C) groups is 1. The predicted octanol–water partition coefficient (Wildman–Crippen LogP) is 1.48. The molecule has 3 nitrogen and oxygen atoms in total. The van der Waals surface area contributed by atoms with E-state index in [1.165, 1.54) is 25.7 Å². The zero-order valence-corrected chi connectivity index (χ0v) is 9.66. The number of amidine groups is 1. The first-order valence-corrected chi connectivity index (χ1v) is 5.57. The SMILES string of the molecule is CC(CN=C(N)C1CCCC1)N(C)C. The summed E-state index contributed by atoms with van der Waals surface area (Å²) in [4.78, 5) is 6.65. The molecule has 2 N–H and O–H groups in total. The van der Waals surface area contributed by atoms with Gasteiger partial charge in [0, 0.05) is 12.0 Å². The lowest BCUT2D eigenvalue weighted by Gasteiger charge is -2.18. The summed E-state index contributed by atoms with van der Waals surface area (Å²) >= 11 is 0. The lowest BCUT2D eigenvalue weighted by molar-refractivity contribution is 0.320. The topological polar surface area (TPSA) is 41.6 Å². The zero-order chi connectivity index (χ0) is 10.6. The lowest BCUT2D eigenvalue weighted by atomic mass is 10.1. The fourth-order valence-electron chi connectivity index (χ4n) is 1.75. The molecule has 1 fully saturated rings. The molecule has 0 bridgehead atoms. The van der Waals surface area contributed by atoms with Crippen molar-refractivity contribution in [1.29, 1.82) is 0 Å².